The molecule has 118 valence electrons. The van der Waals surface area contributed by atoms with Gasteiger partial charge >= 0.3 is 0 Å². The number of ether oxygens (including phenoxy) is 1. The molecule has 0 aromatic heterocycles. The van der Waals surface area contributed by atoms with E-state index in [0.717, 1.165) is 24.4 Å². The van der Waals surface area contributed by atoms with E-state index in [2.05, 4.69) is 35.9 Å². The Morgan fingerprint density at radius 1 is 1.24 bits per heavy atom. The van der Waals surface area contributed by atoms with Gasteiger partial charge in [0.1, 0.15) is 5.75 Å². The molecule has 2 N–H and O–H groups in total. The first kappa shape index (κ1) is 16.3. The summed E-state index contributed by atoms with van der Waals surface area (Å²) in [4.78, 5) is 4.91. The van der Waals surface area contributed by atoms with Crippen molar-refractivity contribution >= 4 is 0 Å². The van der Waals surface area contributed by atoms with Crippen molar-refractivity contribution in [3.63, 3.8) is 0 Å². The van der Waals surface area contributed by atoms with E-state index in [0.29, 0.717) is 6.04 Å². The molecule has 0 spiro atoms. The van der Waals surface area contributed by atoms with E-state index in [4.69, 9.17) is 10.5 Å². The third-order valence-corrected chi connectivity index (χ3v) is 4.68. The van der Waals surface area contributed by atoms with Gasteiger partial charge in [-0.2, -0.15) is 0 Å². The monoisotopic (exact) mass is 291 g/mol. The zero-order chi connectivity index (χ0) is 15.2. The van der Waals surface area contributed by atoms with Crippen molar-refractivity contribution in [2.45, 2.75) is 31.8 Å². The molecular formula is C17H29N3O. The number of likely N-dealkylation sites (tertiary alicyclic amines) is 1. The van der Waals surface area contributed by atoms with E-state index in [-0.39, 0.29) is 6.04 Å². The van der Waals surface area contributed by atoms with Crippen LogP contribution in [0.2, 0.25) is 0 Å². The van der Waals surface area contributed by atoms with Crippen LogP contribution in [-0.4, -0.2) is 56.2 Å². The molecule has 0 aliphatic carbocycles. The molecule has 2 atom stereocenters. The summed E-state index contributed by atoms with van der Waals surface area (Å²) in [5, 5.41) is 0. The van der Waals surface area contributed by atoms with Crippen molar-refractivity contribution in [1.82, 2.24) is 9.80 Å². The van der Waals surface area contributed by atoms with Crippen molar-refractivity contribution < 1.29 is 4.74 Å². The van der Waals surface area contributed by atoms with Crippen LogP contribution < -0.4 is 10.5 Å². The molecule has 0 radical (unpaired) electrons. The van der Waals surface area contributed by atoms with Gasteiger partial charge in [0.15, 0.2) is 0 Å². The van der Waals surface area contributed by atoms with Gasteiger partial charge in [-0.3, -0.25) is 0 Å². The van der Waals surface area contributed by atoms with Gasteiger partial charge < -0.3 is 20.3 Å². The average molecular weight is 291 g/mol. The lowest BCUT2D eigenvalue weighted by Crippen LogP contribution is -2.42. The Hall–Kier alpha value is -1.10. The predicted octanol–water partition coefficient (Wildman–Crippen LogP) is 2.11. The van der Waals surface area contributed by atoms with Crippen molar-refractivity contribution in [3.05, 3.63) is 29.8 Å². The molecule has 1 saturated heterocycles. The van der Waals surface area contributed by atoms with E-state index in [1.54, 1.807) is 7.11 Å². The Labute approximate surface area is 128 Å². The van der Waals surface area contributed by atoms with Crippen LogP contribution >= 0.6 is 0 Å². The lowest BCUT2D eigenvalue weighted by Gasteiger charge is -2.31. The third kappa shape index (κ3) is 4.43. The Balaban J connectivity index is 1.85. The van der Waals surface area contributed by atoms with Crippen LogP contribution in [0.25, 0.3) is 0 Å². The molecule has 1 aromatic rings. The average Bonchev–Trinajstić information content (AvgIpc) is 3.04. The normalized spacial score (nSPS) is 18.9. The van der Waals surface area contributed by atoms with Crippen molar-refractivity contribution in [3.8, 4) is 5.75 Å². The molecule has 4 heteroatoms. The zero-order valence-electron chi connectivity index (χ0n) is 13.6. The molecule has 0 saturated carbocycles. The lowest BCUT2D eigenvalue weighted by atomic mass is 10.0. The van der Waals surface area contributed by atoms with Gasteiger partial charge in [-0.1, -0.05) is 12.1 Å². The minimum atomic E-state index is 0.0273. The maximum absolute atomic E-state index is 6.42. The molecule has 1 fully saturated rings. The van der Waals surface area contributed by atoms with Gasteiger partial charge in [0.2, 0.25) is 0 Å². The fourth-order valence-electron chi connectivity index (χ4n) is 2.89. The Kier molecular flexibility index (Phi) is 6.03. The van der Waals surface area contributed by atoms with Gasteiger partial charge in [-0.05, 0) is 57.6 Å². The summed E-state index contributed by atoms with van der Waals surface area (Å²) in [5.74, 6) is 0.876. The minimum Gasteiger partial charge on any atom is -0.497 e. The van der Waals surface area contributed by atoms with E-state index >= 15 is 0 Å². The van der Waals surface area contributed by atoms with Crippen LogP contribution in [0.5, 0.6) is 5.75 Å². The topological polar surface area (TPSA) is 41.7 Å². The highest BCUT2D eigenvalue weighted by atomic mass is 16.5. The number of rotatable bonds is 7. The second-order valence-electron chi connectivity index (χ2n) is 6.07. The highest BCUT2D eigenvalue weighted by molar-refractivity contribution is 5.29. The predicted molar refractivity (Wildman–Crippen MR) is 87.7 cm³/mol. The largest absolute Gasteiger partial charge is 0.497 e. The molecule has 0 amide bonds. The summed E-state index contributed by atoms with van der Waals surface area (Å²) < 4.78 is 5.20. The fraction of sp³-hybridized carbons (Fsp3) is 0.647. The van der Waals surface area contributed by atoms with Gasteiger partial charge in [0.25, 0.3) is 0 Å². The van der Waals surface area contributed by atoms with E-state index in [9.17, 15) is 0 Å². The molecule has 1 heterocycles. The Morgan fingerprint density at radius 3 is 2.43 bits per heavy atom. The number of nitrogens with two attached hydrogens (primary N) is 1. The van der Waals surface area contributed by atoms with E-state index in [1.165, 1.54) is 25.9 Å². The molecule has 1 aliphatic rings. The van der Waals surface area contributed by atoms with Crippen LogP contribution in [0.3, 0.4) is 0 Å². The van der Waals surface area contributed by atoms with Gasteiger partial charge in [0, 0.05) is 25.2 Å². The maximum Gasteiger partial charge on any atom is 0.118 e. The molecular weight excluding hydrogens is 262 g/mol. The molecule has 0 bridgehead atoms. The van der Waals surface area contributed by atoms with Crippen LogP contribution in [0.1, 0.15) is 31.4 Å². The number of benzene rings is 1. The van der Waals surface area contributed by atoms with Crippen LogP contribution in [0.4, 0.5) is 0 Å². The molecule has 21 heavy (non-hydrogen) atoms. The smallest absolute Gasteiger partial charge is 0.118 e. The zero-order valence-corrected chi connectivity index (χ0v) is 13.6. The maximum atomic E-state index is 6.42. The molecule has 4 nitrogen and oxygen atoms in total. The Morgan fingerprint density at radius 2 is 1.86 bits per heavy atom. The van der Waals surface area contributed by atoms with Crippen molar-refractivity contribution in [1.29, 1.82) is 0 Å². The fourth-order valence-corrected chi connectivity index (χ4v) is 2.89. The number of hydrogen-bond acceptors (Lipinski definition) is 4. The van der Waals surface area contributed by atoms with Gasteiger partial charge in [0.05, 0.1) is 7.11 Å². The number of nitrogens with zero attached hydrogens (tertiary/aromatic N) is 2. The third-order valence-electron chi connectivity index (χ3n) is 4.68. The molecule has 2 rings (SSSR count). The lowest BCUT2D eigenvalue weighted by molar-refractivity contribution is 0.195. The highest BCUT2D eigenvalue weighted by Gasteiger charge is 2.20. The first-order valence-electron chi connectivity index (χ1n) is 7.94. The summed E-state index contributed by atoms with van der Waals surface area (Å²) in [6.07, 6.45) is 2.70. The standard InChI is InChI=1S/C17H29N3O/c1-14(19(2)12-13-20-10-4-5-11-20)17(18)15-6-8-16(21-3)9-7-15/h6-9,14,17H,4-5,10-13,18H2,1-3H3. The second kappa shape index (κ2) is 7.78. The SMILES string of the molecule is COc1ccc(C(N)C(C)N(C)CCN2CCCC2)cc1. The Bertz CT molecular complexity index is 415. The first-order valence-corrected chi connectivity index (χ1v) is 7.94. The van der Waals surface area contributed by atoms with Crippen LogP contribution in [0.15, 0.2) is 24.3 Å². The second-order valence-corrected chi connectivity index (χ2v) is 6.07. The highest BCUT2D eigenvalue weighted by Crippen LogP contribution is 2.20. The number of likely N-dealkylation sites (N-methyl/N-ethyl adjacent to an activating group) is 1. The first-order chi connectivity index (χ1) is 10.1. The summed E-state index contributed by atoms with van der Waals surface area (Å²) in [6.45, 7) is 6.94. The molecule has 2 unspecified atom stereocenters. The van der Waals surface area contributed by atoms with E-state index in [1.807, 2.05) is 12.1 Å². The van der Waals surface area contributed by atoms with Crippen LogP contribution in [-0.2, 0) is 0 Å². The summed E-state index contributed by atoms with van der Waals surface area (Å²) >= 11 is 0. The molecule has 1 aromatic carbocycles. The van der Waals surface area contributed by atoms with E-state index < -0.39 is 0 Å². The van der Waals surface area contributed by atoms with Crippen LogP contribution in [0, 0.1) is 0 Å². The minimum absolute atomic E-state index is 0.0273. The number of hydrogen-bond donors (Lipinski definition) is 1. The summed E-state index contributed by atoms with van der Waals surface area (Å²) in [7, 11) is 3.85. The summed E-state index contributed by atoms with van der Waals surface area (Å²) in [6, 6.07) is 8.43. The summed E-state index contributed by atoms with van der Waals surface area (Å²) in [5.41, 5.74) is 7.58. The van der Waals surface area contributed by atoms with Gasteiger partial charge in [-0.25, -0.2) is 0 Å². The van der Waals surface area contributed by atoms with Crippen molar-refractivity contribution in [2.24, 2.45) is 5.73 Å². The number of methoxy groups -OCH3 is 1. The van der Waals surface area contributed by atoms with Crippen molar-refractivity contribution in [2.75, 3.05) is 40.3 Å². The quantitative estimate of drug-likeness (QED) is 0.835. The van der Waals surface area contributed by atoms with Gasteiger partial charge in [-0.15, -0.1) is 0 Å². The molecule has 1 aliphatic heterocycles.